The van der Waals surface area contributed by atoms with E-state index in [0.717, 1.165) is 13.0 Å². The van der Waals surface area contributed by atoms with Crippen LogP contribution < -0.4 is 5.32 Å². The lowest BCUT2D eigenvalue weighted by Crippen LogP contribution is -2.36. The van der Waals surface area contributed by atoms with Gasteiger partial charge in [0.05, 0.1) is 5.75 Å². The molecule has 3 nitrogen and oxygen atoms in total. The fourth-order valence-corrected chi connectivity index (χ4v) is 1.61. The Labute approximate surface area is 93.9 Å². The molecule has 0 aliphatic carbocycles. The quantitative estimate of drug-likeness (QED) is 0.561. The van der Waals surface area contributed by atoms with Gasteiger partial charge in [-0.25, -0.2) is 8.42 Å². The van der Waals surface area contributed by atoms with Crippen molar-refractivity contribution in [3.8, 4) is 0 Å². The van der Waals surface area contributed by atoms with Crippen LogP contribution >= 0.6 is 0 Å². The molecule has 0 amide bonds. The van der Waals surface area contributed by atoms with Crippen LogP contribution in [0.1, 0.15) is 33.6 Å². The van der Waals surface area contributed by atoms with E-state index in [9.17, 15) is 8.42 Å². The second-order valence-electron chi connectivity index (χ2n) is 4.86. The van der Waals surface area contributed by atoms with Gasteiger partial charge in [0.1, 0.15) is 9.84 Å². The summed E-state index contributed by atoms with van der Waals surface area (Å²) < 4.78 is 21.6. The van der Waals surface area contributed by atoms with Crippen LogP contribution in [0, 0.1) is 0 Å². The summed E-state index contributed by atoms with van der Waals surface area (Å²) in [6.45, 7) is 7.31. The third-order valence-corrected chi connectivity index (χ3v) is 2.77. The van der Waals surface area contributed by atoms with Crippen LogP contribution in [0.25, 0.3) is 0 Å². The maximum atomic E-state index is 10.8. The Hall–Kier alpha value is -0.350. The summed E-state index contributed by atoms with van der Waals surface area (Å²) in [5.74, 6) is 0.246. The molecular weight excluding hydrogens is 210 g/mol. The molecule has 0 aromatic carbocycles. The van der Waals surface area contributed by atoms with Crippen LogP contribution in [0.5, 0.6) is 0 Å². The van der Waals surface area contributed by atoms with Crippen molar-refractivity contribution in [3.05, 3.63) is 12.2 Å². The van der Waals surface area contributed by atoms with Crippen molar-refractivity contribution in [2.45, 2.75) is 39.2 Å². The molecule has 4 heteroatoms. The first-order chi connectivity index (χ1) is 6.71. The van der Waals surface area contributed by atoms with Crippen molar-refractivity contribution in [3.63, 3.8) is 0 Å². The third kappa shape index (κ3) is 13.7. The zero-order valence-corrected chi connectivity index (χ0v) is 11.0. The third-order valence-electron chi connectivity index (χ3n) is 1.79. The lowest BCUT2D eigenvalue weighted by Gasteiger charge is -2.19. The van der Waals surface area contributed by atoms with Crippen LogP contribution in [-0.2, 0) is 9.84 Å². The van der Waals surface area contributed by atoms with Crippen LogP contribution in [0.15, 0.2) is 12.2 Å². The Morgan fingerprint density at radius 1 is 1.13 bits per heavy atom. The van der Waals surface area contributed by atoms with Crippen molar-refractivity contribution >= 4 is 9.84 Å². The number of rotatable bonds is 6. The van der Waals surface area contributed by atoms with Gasteiger partial charge in [-0.1, -0.05) is 12.2 Å². The van der Waals surface area contributed by atoms with E-state index in [-0.39, 0.29) is 11.3 Å². The van der Waals surface area contributed by atoms with Crippen molar-refractivity contribution < 1.29 is 8.42 Å². The Bertz CT molecular complexity index is 286. The van der Waals surface area contributed by atoms with Crippen LogP contribution in [0.3, 0.4) is 0 Å². The fourth-order valence-electron chi connectivity index (χ4n) is 1.05. The highest BCUT2D eigenvalue weighted by atomic mass is 32.2. The van der Waals surface area contributed by atoms with E-state index < -0.39 is 9.84 Å². The molecule has 0 aromatic heterocycles. The number of sulfone groups is 1. The molecule has 0 atom stereocenters. The Morgan fingerprint density at radius 3 is 2.13 bits per heavy atom. The average Bonchev–Trinajstić information content (AvgIpc) is 1.98. The minimum absolute atomic E-state index is 0.153. The van der Waals surface area contributed by atoms with Crippen LogP contribution in [0.2, 0.25) is 0 Å². The molecule has 0 heterocycles. The first kappa shape index (κ1) is 14.6. The largest absolute Gasteiger partial charge is 0.312 e. The molecule has 0 saturated heterocycles. The Kier molecular flexibility index (Phi) is 6.13. The standard InChI is InChI=1S/C11H23NO2S/c1-11(2,3)12-9-7-5-6-8-10-15(4,13)14/h5-6,12H,7-10H2,1-4H3. The van der Waals surface area contributed by atoms with Gasteiger partial charge in [0.15, 0.2) is 0 Å². The molecule has 0 aromatic rings. The van der Waals surface area contributed by atoms with Crippen molar-refractivity contribution in [1.29, 1.82) is 0 Å². The van der Waals surface area contributed by atoms with E-state index in [1.807, 2.05) is 12.2 Å². The maximum absolute atomic E-state index is 10.8. The lowest BCUT2D eigenvalue weighted by molar-refractivity contribution is 0.431. The summed E-state index contributed by atoms with van der Waals surface area (Å²) in [6, 6.07) is 0. The zero-order chi connectivity index (χ0) is 11.9. The fraction of sp³-hybridized carbons (Fsp3) is 0.818. The van der Waals surface area contributed by atoms with Gasteiger partial charge in [0.2, 0.25) is 0 Å². The molecule has 0 rings (SSSR count). The number of allylic oxidation sites excluding steroid dienone is 1. The number of hydrogen-bond acceptors (Lipinski definition) is 3. The number of nitrogens with one attached hydrogen (secondary N) is 1. The Balaban J connectivity index is 3.49. The highest BCUT2D eigenvalue weighted by Crippen LogP contribution is 1.98. The van der Waals surface area contributed by atoms with Gasteiger partial charge in [-0.3, -0.25) is 0 Å². The van der Waals surface area contributed by atoms with Gasteiger partial charge in [-0.05, 0) is 40.2 Å². The van der Waals surface area contributed by atoms with Gasteiger partial charge in [-0.2, -0.15) is 0 Å². The molecular formula is C11H23NO2S. The molecule has 0 spiro atoms. The molecule has 0 aliphatic heterocycles. The normalized spacial score (nSPS) is 13.6. The van der Waals surface area contributed by atoms with Crippen molar-refractivity contribution in [2.24, 2.45) is 0 Å². The van der Waals surface area contributed by atoms with Gasteiger partial charge in [0.25, 0.3) is 0 Å². The monoisotopic (exact) mass is 233 g/mol. The SMILES string of the molecule is CC(C)(C)NCCC=CCCS(C)(=O)=O. The molecule has 0 unspecified atom stereocenters. The summed E-state index contributed by atoms with van der Waals surface area (Å²) in [6.07, 6.45) is 6.80. The maximum Gasteiger partial charge on any atom is 0.147 e. The summed E-state index contributed by atoms with van der Waals surface area (Å²) >= 11 is 0. The highest BCUT2D eigenvalue weighted by Gasteiger charge is 2.06. The summed E-state index contributed by atoms with van der Waals surface area (Å²) in [5, 5.41) is 3.36. The van der Waals surface area contributed by atoms with Crippen molar-refractivity contribution in [2.75, 3.05) is 18.6 Å². The molecule has 0 aliphatic rings. The minimum Gasteiger partial charge on any atom is -0.312 e. The van der Waals surface area contributed by atoms with Crippen LogP contribution in [0.4, 0.5) is 0 Å². The van der Waals surface area contributed by atoms with E-state index in [4.69, 9.17) is 0 Å². The van der Waals surface area contributed by atoms with Gasteiger partial charge in [-0.15, -0.1) is 0 Å². The predicted octanol–water partition coefficient (Wildman–Crippen LogP) is 1.76. The van der Waals surface area contributed by atoms with Crippen LogP contribution in [-0.4, -0.2) is 32.5 Å². The molecule has 0 saturated carbocycles. The second-order valence-corrected chi connectivity index (χ2v) is 7.12. The Morgan fingerprint density at radius 2 is 1.67 bits per heavy atom. The predicted molar refractivity (Wildman–Crippen MR) is 65.8 cm³/mol. The molecule has 0 fully saturated rings. The summed E-state index contributed by atoms with van der Waals surface area (Å²) in [4.78, 5) is 0. The first-order valence-electron chi connectivity index (χ1n) is 5.28. The van der Waals surface area contributed by atoms with Gasteiger partial charge in [0, 0.05) is 11.8 Å². The van der Waals surface area contributed by atoms with E-state index in [1.54, 1.807) is 0 Å². The molecule has 90 valence electrons. The topological polar surface area (TPSA) is 46.2 Å². The van der Waals surface area contributed by atoms with Crippen molar-refractivity contribution in [1.82, 2.24) is 5.32 Å². The van der Waals surface area contributed by atoms with Gasteiger partial charge >= 0.3 is 0 Å². The van der Waals surface area contributed by atoms with E-state index in [0.29, 0.717) is 6.42 Å². The van der Waals surface area contributed by atoms with E-state index in [1.165, 1.54) is 6.26 Å². The molecule has 15 heavy (non-hydrogen) atoms. The molecule has 0 bridgehead atoms. The van der Waals surface area contributed by atoms with E-state index >= 15 is 0 Å². The minimum atomic E-state index is -2.81. The molecule has 1 N–H and O–H groups in total. The van der Waals surface area contributed by atoms with E-state index in [2.05, 4.69) is 26.1 Å². The zero-order valence-electron chi connectivity index (χ0n) is 10.2. The first-order valence-corrected chi connectivity index (χ1v) is 7.34. The van der Waals surface area contributed by atoms with Gasteiger partial charge < -0.3 is 5.32 Å². The summed E-state index contributed by atoms with van der Waals surface area (Å²) in [5.41, 5.74) is 0.153. The highest BCUT2D eigenvalue weighted by molar-refractivity contribution is 7.90. The lowest BCUT2D eigenvalue weighted by atomic mass is 10.1. The second kappa shape index (κ2) is 6.28. The summed E-state index contributed by atoms with van der Waals surface area (Å²) in [7, 11) is -2.81. The smallest absolute Gasteiger partial charge is 0.147 e. The average molecular weight is 233 g/mol. The number of hydrogen-bond donors (Lipinski definition) is 1. The molecule has 0 radical (unpaired) electrons.